The summed E-state index contributed by atoms with van der Waals surface area (Å²) in [5.74, 6) is 0. The summed E-state index contributed by atoms with van der Waals surface area (Å²) >= 11 is 0. The van der Waals surface area contributed by atoms with Crippen LogP contribution in [0, 0.1) is 0 Å². The molecule has 1 aliphatic carbocycles. The molecule has 0 N–H and O–H groups in total. The van der Waals surface area contributed by atoms with E-state index in [1.807, 2.05) is 0 Å². The second kappa shape index (κ2) is 9.32. The fourth-order valence-corrected chi connectivity index (χ4v) is 8.39. The Morgan fingerprint density at radius 2 is 0.957 bits per heavy atom. The molecule has 9 aromatic rings. The van der Waals surface area contributed by atoms with Gasteiger partial charge in [-0.15, -0.1) is 0 Å². The van der Waals surface area contributed by atoms with E-state index in [2.05, 4.69) is 180 Å². The van der Waals surface area contributed by atoms with Gasteiger partial charge in [-0.25, -0.2) is 0 Å². The van der Waals surface area contributed by atoms with E-state index in [0.717, 1.165) is 11.4 Å². The highest BCUT2D eigenvalue weighted by molar-refractivity contribution is 6.14. The van der Waals surface area contributed by atoms with Crippen molar-refractivity contribution in [3.63, 3.8) is 0 Å². The predicted octanol–water partition coefficient (Wildman–Crippen LogP) is 11.2. The summed E-state index contributed by atoms with van der Waals surface area (Å²) in [6.07, 6.45) is 0. The Hall–Kier alpha value is -5.86. The minimum atomic E-state index is -0.316. The summed E-state index contributed by atoms with van der Waals surface area (Å²) < 4.78 is 4.93. The summed E-state index contributed by atoms with van der Waals surface area (Å²) in [6.45, 7) is 2.42. The summed E-state index contributed by atoms with van der Waals surface area (Å²) in [5, 5.41) is 5.10. The number of para-hydroxylation sites is 3. The van der Waals surface area contributed by atoms with E-state index >= 15 is 0 Å². The first kappa shape index (κ1) is 25.5. The van der Waals surface area contributed by atoms with Crippen molar-refractivity contribution in [3.05, 3.63) is 180 Å². The monoisotopic (exact) mass is 586 g/mol. The zero-order valence-electron chi connectivity index (χ0n) is 25.5. The molecule has 0 saturated carbocycles. The lowest BCUT2D eigenvalue weighted by Crippen LogP contribution is -2.23. The molecule has 2 aromatic heterocycles. The van der Waals surface area contributed by atoms with E-state index in [9.17, 15) is 0 Å². The van der Waals surface area contributed by atoms with Gasteiger partial charge in [-0.1, -0.05) is 127 Å². The largest absolute Gasteiger partial charge is 0.309 e. The third-order valence-corrected chi connectivity index (χ3v) is 10.4. The minimum absolute atomic E-state index is 0.316. The lowest BCUT2D eigenvalue weighted by atomic mass is 9.73. The van der Waals surface area contributed by atoms with Crippen molar-refractivity contribution in [2.24, 2.45) is 0 Å². The van der Waals surface area contributed by atoms with Crippen LogP contribution in [0.5, 0.6) is 0 Å². The van der Waals surface area contributed by atoms with Gasteiger partial charge in [0, 0.05) is 38.3 Å². The van der Waals surface area contributed by atoms with Crippen LogP contribution in [0.2, 0.25) is 0 Å². The zero-order chi connectivity index (χ0) is 30.4. The van der Waals surface area contributed by atoms with Gasteiger partial charge in [0.15, 0.2) is 0 Å². The molecule has 1 unspecified atom stereocenters. The van der Waals surface area contributed by atoms with E-state index < -0.39 is 0 Å². The minimum Gasteiger partial charge on any atom is -0.309 e. The first-order valence-corrected chi connectivity index (χ1v) is 16.0. The van der Waals surface area contributed by atoms with Crippen LogP contribution in [0.4, 0.5) is 0 Å². The lowest BCUT2D eigenvalue weighted by molar-refractivity contribution is 0.717. The summed E-state index contributed by atoms with van der Waals surface area (Å²) in [4.78, 5) is 0. The van der Waals surface area contributed by atoms with Gasteiger partial charge in [-0.3, -0.25) is 0 Å². The van der Waals surface area contributed by atoms with Crippen molar-refractivity contribution in [3.8, 4) is 22.5 Å². The molecule has 0 amide bonds. The molecule has 2 nitrogen and oxygen atoms in total. The van der Waals surface area contributed by atoms with Crippen LogP contribution < -0.4 is 0 Å². The second-order valence-corrected chi connectivity index (χ2v) is 12.7. The second-order valence-electron chi connectivity index (χ2n) is 12.7. The number of hydrogen-bond donors (Lipinski definition) is 0. The highest BCUT2D eigenvalue weighted by Crippen LogP contribution is 2.55. The SMILES string of the molecule is CC1(c2ccccc2)c2ccccc2-c2ccc3c4ccccc4n(-c4cccc(-n5c6ccccc6c6ccccc65)c4)c3c21. The molecule has 7 aromatic carbocycles. The molecule has 0 bridgehead atoms. The molecule has 0 spiro atoms. The van der Waals surface area contributed by atoms with E-state index in [1.165, 1.54) is 71.4 Å². The molecule has 1 atom stereocenters. The third-order valence-electron chi connectivity index (χ3n) is 10.4. The van der Waals surface area contributed by atoms with E-state index in [1.54, 1.807) is 0 Å². The molecule has 0 saturated heterocycles. The Morgan fingerprint density at radius 1 is 0.413 bits per heavy atom. The number of nitrogens with zero attached hydrogens (tertiary/aromatic N) is 2. The Balaban J connectivity index is 1.33. The van der Waals surface area contributed by atoms with Crippen molar-refractivity contribution in [2.75, 3.05) is 0 Å². The molecule has 2 heterocycles. The Morgan fingerprint density at radius 3 is 1.65 bits per heavy atom. The molecular weight excluding hydrogens is 556 g/mol. The van der Waals surface area contributed by atoms with Gasteiger partial charge in [0.2, 0.25) is 0 Å². The molecule has 216 valence electrons. The van der Waals surface area contributed by atoms with Crippen LogP contribution in [0.25, 0.3) is 66.1 Å². The normalized spacial score (nSPS) is 15.6. The van der Waals surface area contributed by atoms with Crippen molar-refractivity contribution in [2.45, 2.75) is 12.3 Å². The van der Waals surface area contributed by atoms with Crippen LogP contribution in [0.15, 0.2) is 164 Å². The molecular formula is C44H30N2. The molecule has 0 radical (unpaired) electrons. The van der Waals surface area contributed by atoms with Crippen LogP contribution in [-0.2, 0) is 5.41 Å². The topological polar surface area (TPSA) is 9.86 Å². The number of hydrogen-bond acceptors (Lipinski definition) is 0. The average molecular weight is 587 g/mol. The van der Waals surface area contributed by atoms with Crippen LogP contribution >= 0.6 is 0 Å². The smallest absolute Gasteiger partial charge is 0.0591 e. The maximum atomic E-state index is 2.52. The predicted molar refractivity (Wildman–Crippen MR) is 193 cm³/mol. The van der Waals surface area contributed by atoms with Crippen LogP contribution in [0.1, 0.15) is 23.6 Å². The highest BCUT2D eigenvalue weighted by Gasteiger charge is 2.43. The van der Waals surface area contributed by atoms with E-state index in [4.69, 9.17) is 0 Å². The quantitative estimate of drug-likeness (QED) is 0.195. The maximum Gasteiger partial charge on any atom is 0.0591 e. The van der Waals surface area contributed by atoms with Gasteiger partial charge in [-0.05, 0) is 71.1 Å². The molecule has 10 rings (SSSR count). The maximum absolute atomic E-state index is 2.52. The molecule has 1 aliphatic rings. The fraction of sp³-hybridized carbons (Fsp3) is 0.0455. The van der Waals surface area contributed by atoms with Crippen LogP contribution in [-0.4, -0.2) is 9.13 Å². The Bertz CT molecular complexity index is 2600. The molecule has 0 fully saturated rings. The van der Waals surface area contributed by atoms with Crippen molar-refractivity contribution in [1.82, 2.24) is 9.13 Å². The average Bonchev–Trinajstić information content (AvgIpc) is 3.73. The number of rotatable bonds is 3. The third kappa shape index (κ3) is 3.25. The van der Waals surface area contributed by atoms with Gasteiger partial charge in [0.1, 0.15) is 0 Å². The van der Waals surface area contributed by atoms with Crippen LogP contribution in [0.3, 0.4) is 0 Å². The van der Waals surface area contributed by atoms with Gasteiger partial charge in [0.05, 0.1) is 22.1 Å². The summed E-state index contributed by atoms with van der Waals surface area (Å²) in [5.41, 5.74) is 13.6. The number of fused-ring (bicyclic) bond motifs is 10. The van der Waals surface area contributed by atoms with E-state index in [-0.39, 0.29) is 5.41 Å². The Labute approximate surface area is 267 Å². The number of benzene rings is 7. The van der Waals surface area contributed by atoms with E-state index in [0.29, 0.717) is 0 Å². The van der Waals surface area contributed by atoms with Crippen molar-refractivity contribution in [1.29, 1.82) is 0 Å². The summed E-state index contributed by atoms with van der Waals surface area (Å²) in [7, 11) is 0. The molecule has 0 aliphatic heterocycles. The highest BCUT2D eigenvalue weighted by atomic mass is 15.0. The lowest BCUT2D eigenvalue weighted by Gasteiger charge is -2.29. The standard InChI is InChI=1S/C44H30N2/c1-44(29-14-3-2-4-15-29)38-22-9-5-18-32(38)36-26-27-37-35-21-8-12-25-41(35)46(43(37)42(36)44)31-17-13-16-30(28-31)45-39-23-10-6-19-33(39)34-20-7-11-24-40(34)45/h2-28H,1H3. The van der Waals surface area contributed by atoms with Gasteiger partial charge >= 0.3 is 0 Å². The van der Waals surface area contributed by atoms with Crippen molar-refractivity contribution >= 4 is 43.6 Å². The number of aromatic nitrogens is 2. The Kier molecular flexibility index (Phi) is 5.16. The summed E-state index contributed by atoms with van der Waals surface area (Å²) in [6, 6.07) is 60.2. The zero-order valence-corrected chi connectivity index (χ0v) is 25.5. The first-order chi connectivity index (χ1) is 22.7. The van der Waals surface area contributed by atoms with Crippen molar-refractivity contribution < 1.29 is 0 Å². The molecule has 46 heavy (non-hydrogen) atoms. The molecule has 2 heteroatoms. The first-order valence-electron chi connectivity index (χ1n) is 16.0. The van der Waals surface area contributed by atoms with Gasteiger partial charge < -0.3 is 9.13 Å². The van der Waals surface area contributed by atoms with Gasteiger partial charge in [0.25, 0.3) is 0 Å². The fourth-order valence-electron chi connectivity index (χ4n) is 8.39. The van der Waals surface area contributed by atoms with Gasteiger partial charge in [-0.2, -0.15) is 0 Å².